The number of carboxylic acid groups (broad SMARTS) is 1. The molecule has 7 heteroatoms. The van der Waals surface area contributed by atoms with Crippen molar-refractivity contribution in [1.82, 2.24) is 0 Å². The van der Waals surface area contributed by atoms with Gasteiger partial charge >= 0.3 is 5.97 Å². The molecular formula is C15H19N5O2. The molecule has 0 heterocycles. The summed E-state index contributed by atoms with van der Waals surface area (Å²) in [7, 11) is 0. The number of allylic oxidation sites excluding steroid dienone is 2. The molecular weight excluding hydrogens is 282 g/mol. The normalized spacial score (nSPS) is 13.1. The number of nitrogen functional groups attached to an aromatic ring is 1. The highest BCUT2D eigenvalue weighted by Gasteiger charge is 2.13. The molecule has 1 aromatic rings. The average molecular weight is 301 g/mol. The highest BCUT2D eigenvalue weighted by molar-refractivity contribution is 5.85. The molecule has 0 saturated carbocycles. The number of hydrogen-bond acceptors (Lipinski definition) is 6. The minimum atomic E-state index is -0.986. The van der Waals surface area contributed by atoms with E-state index in [2.05, 4.69) is 15.1 Å². The highest BCUT2D eigenvalue weighted by Crippen LogP contribution is 2.19. The summed E-state index contributed by atoms with van der Waals surface area (Å²) >= 11 is 0. The van der Waals surface area contributed by atoms with Crippen LogP contribution < -0.4 is 5.73 Å². The Labute approximate surface area is 128 Å². The molecule has 0 fully saturated rings. The Morgan fingerprint density at radius 3 is 2.73 bits per heavy atom. The number of nitrogens with two attached hydrogens (primary N) is 1. The van der Waals surface area contributed by atoms with Crippen LogP contribution in [-0.4, -0.2) is 36.1 Å². The van der Waals surface area contributed by atoms with Crippen LogP contribution in [-0.2, 0) is 4.79 Å². The molecule has 0 aliphatic rings. The number of nitrogens with one attached hydrogen (secondary N) is 1. The van der Waals surface area contributed by atoms with Crippen molar-refractivity contribution in [1.29, 1.82) is 5.53 Å². The van der Waals surface area contributed by atoms with Crippen molar-refractivity contribution in [2.24, 2.45) is 15.1 Å². The SMILES string of the molecule is N=NCCCC(N=C/C=C/C=Nc1ccccc1N)C(=O)O. The zero-order valence-corrected chi connectivity index (χ0v) is 12.1. The summed E-state index contributed by atoms with van der Waals surface area (Å²) in [5, 5.41) is 12.2. The summed E-state index contributed by atoms with van der Waals surface area (Å²) < 4.78 is 0. The summed E-state index contributed by atoms with van der Waals surface area (Å²) in [6, 6.07) is 6.42. The van der Waals surface area contributed by atoms with E-state index in [1.54, 1.807) is 30.5 Å². The second kappa shape index (κ2) is 9.98. The molecule has 0 aliphatic carbocycles. The van der Waals surface area contributed by atoms with E-state index in [9.17, 15) is 4.79 Å². The minimum absolute atomic E-state index is 0.320. The predicted octanol–water partition coefficient (Wildman–Crippen LogP) is 2.86. The van der Waals surface area contributed by atoms with E-state index >= 15 is 0 Å². The third-order valence-corrected chi connectivity index (χ3v) is 2.73. The van der Waals surface area contributed by atoms with Gasteiger partial charge in [0.1, 0.15) is 6.04 Å². The zero-order valence-electron chi connectivity index (χ0n) is 12.1. The van der Waals surface area contributed by atoms with Crippen molar-refractivity contribution in [3.63, 3.8) is 0 Å². The summed E-state index contributed by atoms with van der Waals surface area (Å²) in [5.41, 5.74) is 13.7. The van der Waals surface area contributed by atoms with Gasteiger partial charge in [0.2, 0.25) is 0 Å². The van der Waals surface area contributed by atoms with Crippen LogP contribution in [0.25, 0.3) is 0 Å². The molecule has 7 nitrogen and oxygen atoms in total. The number of benzene rings is 1. The second-order valence-electron chi connectivity index (χ2n) is 4.40. The minimum Gasteiger partial charge on any atom is -0.480 e. The fourth-order valence-corrected chi connectivity index (χ4v) is 1.61. The number of anilines is 1. The van der Waals surface area contributed by atoms with Gasteiger partial charge in [-0.2, -0.15) is 5.11 Å². The first-order valence-corrected chi connectivity index (χ1v) is 6.78. The maximum atomic E-state index is 11.0. The summed E-state index contributed by atoms with van der Waals surface area (Å²) in [6.07, 6.45) is 7.12. The number of aliphatic carboxylic acids is 1. The van der Waals surface area contributed by atoms with Crippen molar-refractivity contribution in [3.05, 3.63) is 36.4 Å². The number of rotatable bonds is 9. The fraction of sp³-hybridized carbons (Fsp3) is 0.267. The number of aliphatic imine (C=N–C) groups is 2. The Morgan fingerprint density at radius 1 is 1.32 bits per heavy atom. The third-order valence-electron chi connectivity index (χ3n) is 2.73. The molecule has 22 heavy (non-hydrogen) atoms. The van der Waals surface area contributed by atoms with Crippen LogP contribution in [0.1, 0.15) is 12.8 Å². The van der Waals surface area contributed by atoms with Crippen LogP contribution >= 0.6 is 0 Å². The van der Waals surface area contributed by atoms with Gasteiger partial charge in [0.05, 0.1) is 17.9 Å². The van der Waals surface area contributed by atoms with E-state index < -0.39 is 12.0 Å². The van der Waals surface area contributed by atoms with E-state index in [4.69, 9.17) is 16.4 Å². The van der Waals surface area contributed by atoms with Gasteiger partial charge in [-0.3, -0.25) is 9.98 Å². The van der Waals surface area contributed by atoms with Crippen LogP contribution in [0.2, 0.25) is 0 Å². The lowest BCUT2D eigenvalue weighted by Crippen LogP contribution is -2.18. The number of nitrogens with zero attached hydrogens (tertiary/aromatic N) is 3. The molecule has 0 saturated heterocycles. The quantitative estimate of drug-likeness (QED) is 0.281. The van der Waals surface area contributed by atoms with Gasteiger partial charge in [-0.1, -0.05) is 12.1 Å². The van der Waals surface area contributed by atoms with Gasteiger partial charge in [-0.05, 0) is 37.1 Å². The first-order valence-electron chi connectivity index (χ1n) is 6.78. The molecule has 4 N–H and O–H groups in total. The first kappa shape index (κ1) is 17.2. The van der Waals surface area contributed by atoms with Crippen LogP contribution in [0.3, 0.4) is 0 Å². The van der Waals surface area contributed by atoms with Gasteiger partial charge in [-0.25, -0.2) is 10.3 Å². The Hall–Kier alpha value is -2.83. The maximum absolute atomic E-state index is 11.0. The Morgan fingerprint density at radius 2 is 2.05 bits per heavy atom. The van der Waals surface area contributed by atoms with Crippen molar-refractivity contribution < 1.29 is 9.90 Å². The molecule has 1 rings (SSSR count). The van der Waals surface area contributed by atoms with Crippen LogP contribution in [0.5, 0.6) is 0 Å². The molecule has 0 amide bonds. The van der Waals surface area contributed by atoms with Gasteiger partial charge < -0.3 is 10.8 Å². The lowest BCUT2D eigenvalue weighted by atomic mass is 10.1. The van der Waals surface area contributed by atoms with E-state index in [0.29, 0.717) is 30.8 Å². The molecule has 0 aromatic heterocycles. The maximum Gasteiger partial charge on any atom is 0.328 e. The summed E-state index contributed by atoms with van der Waals surface area (Å²) in [4.78, 5) is 19.1. The smallest absolute Gasteiger partial charge is 0.328 e. The van der Waals surface area contributed by atoms with Crippen molar-refractivity contribution in [2.75, 3.05) is 12.3 Å². The number of carboxylic acids is 1. The third kappa shape index (κ3) is 6.56. The van der Waals surface area contributed by atoms with Gasteiger partial charge in [0.25, 0.3) is 0 Å². The van der Waals surface area contributed by atoms with Crippen molar-refractivity contribution in [2.45, 2.75) is 18.9 Å². The Bertz CT molecular complexity index is 581. The lowest BCUT2D eigenvalue weighted by Gasteiger charge is -2.04. The van der Waals surface area contributed by atoms with E-state index in [1.165, 1.54) is 6.21 Å². The van der Waals surface area contributed by atoms with Crippen LogP contribution in [0.4, 0.5) is 11.4 Å². The highest BCUT2D eigenvalue weighted by atomic mass is 16.4. The molecule has 116 valence electrons. The number of carbonyl (C=O) groups is 1. The Kier molecular flexibility index (Phi) is 7.81. The number of para-hydroxylation sites is 2. The second-order valence-corrected chi connectivity index (χ2v) is 4.40. The summed E-state index contributed by atoms with van der Waals surface area (Å²) in [5.74, 6) is -0.986. The Balaban J connectivity index is 2.50. The zero-order chi connectivity index (χ0) is 16.2. The van der Waals surface area contributed by atoms with E-state index in [0.717, 1.165) is 0 Å². The molecule has 1 atom stereocenters. The fourth-order valence-electron chi connectivity index (χ4n) is 1.61. The lowest BCUT2D eigenvalue weighted by molar-refractivity contribution is -0.138. The van der Waals surface area contributed by atoms with Gasteiger partial charge in [-0.15, -0.1) is 0 Å². The standard InChI is InChI=1S/C15H19N5O2/c16-12-6-1-2-7-13(12)18-9-3-4-10-19-14(15(21)22)8-5-11-20-17/h1-4,6-7,9-10,14,17H,5,8,11,16H2,(H,21,22)/b4-3+,18-9?,19-10?,20-17?. The topological polar surface area (TPSA) is 124 Å². The molecule has 1 unspecified atom stereocenters. The average Bonchev–Trinajstić information content (AvgIpc) is 2.50. The predicted molar refractivity (Wildman–Crippen MR) is 87.3 cm³/mol. The van der Waals surface area contributed by atoms with Gasteiger partial charge in [0.15, 0.2) is 0 Å². The van der Waals surface area contributed by atoms with Crippen molar-refractivity contribution >= 4 is 29.8 Å². The molecule has 0 bridgehead atoms. The monoisotopic (exact) mass is 301 g/mol. The van der Waals surface area contributed by atoms with Crippen LogP contribution in [0.15, 0.2) is 51.5 Å². The number of hydrogen-bond donors (Lipinski definition) is 3. The molecule has 0 aliphatic heterocycles. The van der Waals surface area contributed by atoms with Gasteiger partial charge in [0, 0.05) is 12.4 Å². The van der Waals surface area contributed by atoms with E-state index in [1.807, 2.05) is 12.1 Å². The molecule has 0 spiro atoms. The van der Waals surface area contributed by atoms with E-state index in [-0.39, 0.29) is 0 Å². The van der Waals surface area contributed by atoms with Crippen LogP contribution in [0, 0.1) is 5.53 Å². The first-order chi connectivity index (χ1) is 10.6. The summed E-state index contributed by atoms with van der Waals surface area (Å²) in [6.45, 7) is 0.320. The molecule has 1 aromatic carbocycles. The molecule has 0 radical (unpaired) electrons. The van der Waals surface area contributed by atoms with Crippen molar-refractivity contribution in [3.8, 4) is 0 Å². The largest absolute Gasteiger partial charge is 0.480 e.